The molecule has 2 unspecified atom stereocenters. The Labute approximate surface area is 132 Å². The van der Waals surface area contributed by atoms with Gasteiger partial charge in [0.2, 0.25) is 5.91 Å². The molecule has 1 aliphatic heterocycles. The highest BCUT2D eigenvalue weighted by Gasteiger charge is 2.26. The molecule has 0 aromatic heterocycles. The molecule has 2 N–H and O–H groups in total. The molecule has 2 atom stereocenters. The maximum atomic E-state index is 12.4. The first kappa shape index (κ1) is 16.6. The number of benzene rings is 1. The molecule has 0 bridgehead atoms. The van der Waals surface area contributed by atoms with E-state index in [1.807, 2.05) is 23.1 Å². The molecule has 1 aromatic rings. The molecule has 5 heteroatoms. The Morgan fingerprint density at radius 1 is 1.27 bits per heavy atom. The molecular weight excluding hydrogens is 280 g/mol. The van der Waals surface area contributed by atoms with E-state index in [4.69, 9.17) is 15.2 Å². The minimum atomic E-state index is 0.196. The Balaban J connectivity index is 1.96. The largest absolute Gasteiger partial charge is 0.497 e. The fourth-order valence-electron chi connectivity index (χ4n) is 2.98. The molecule has 1 heterocycles. The van der Waals surface area contributed by atoms with Gasteiger partial charge in [-0.25, -0.2) is 0 Å². The van der Waals surface area contributed by atoms with Crippen molar-refractivity contribution in [2.45, 2.75) is 44.7 Å². The Kier molecular flexibility index (Phi) is 5.66. The minimum absolute atomic E-state index is 0.196. The first-order valence-electron chi connectivity index (χ1n) is 7.80. The van der Waals surface area contributed by atoms with Crippen LogP contribution in [-0.4, -0.2) is 43.7 Å². The first-order valence-corrected chi connectivity index (χ1v) is 7.80. The highest BCUT2D eigenvalue weighted by Crippen LogP contribution is 2.24. The van der Waals surface area contributed by atoms with E-state index in [1.54, 1.807) is 14.2 Å². The first-order chi connectivity index (χ1) is 10.5. The number of nitrogens with two attached hydrogens (primary N) is 1. The molecule has 1 saturated heterocycles. The second-order valence-electron chi connectivity index (χ2n) is 5.94. The molecule has 1 amide bonds. The van der Waals surface area contributed by atoms with Crippen LogP contribution in [0.2, 0.25) is 0 Å². The van der Waals surface area contributed by atoms with Crippen LogP contribution in [0.5, 0.6) is 11.5 Å². The highest BCUT2D eigenvalue weighted by atomic mass is 16.5. The van der Waals surface area contributed by atoms with Gasteiger partial charge in [0.05, 0.1) is 14.2 Å². The number of hydrogen-bond acceptors (Lipinski definition) is 4. The van der Waals surface area contributed by atoms with Crippen LogP contribution in [-0.2, 0) is 11.2 Å². The second kappa shape index (κ2) is 7.49. The smallest absolute Gasteiger partial charge is 0.223 e. The lowest BCUT2D eigenvalue weighted by molar-refractivity contribution is -0.134. The number of rotatable bonds is 5. The van der Waals surface area contributed by atoms with E-state index < -0.39 is 0 Å². The van der Waals surface area contributed by atoms with Crippen molar-refractivity contribution in [2.24, 2.45) is 5.73 Å². The average molecular weight is 306 g/mol. The van der Waals surface area contributed by atoms with Gasteiger partial charge >= 0.3 is 0 Å². The van der Waals surface area contributed by atoms with Crippen molar-refractivity contribution in [3.63, 3.8) is 0 Å². The summed E-state index contributed by atoms with van der Waals surface area (Å²) in [6.07, 6.45) is 2.96. The van der Waals surface area contributed by atoms with Gasteiger partial charge < -0.3 is 20.1 Å². The molecule has 1 fully saturated rings. The minimum Gasteiger partial charge on any atom is -0.497 e. The third-order valence-corrected chi connectivity index (χ3v) is 4.28. The molecular formula is C17H26N2O3. The van der Waals surface area contributed by atoms with Crippen molar-refractivity contribution >= 4 is 5.91 Å². The Bertz CT molecular complexity index is 496. The lowest BCUT2D eigenvalue weighted by Crippen LogP contribution is -2.48. The molecule has 0 aliphatic carbocycles. The predicted octanol–water partition coefficient (Wildman–Crippen LogP) is 1.97. The fraction of sp³-hybridized carbons (Fsp3) is 0.588. The predicted molar refractivity (Wildman–Crippen MR) is 86.3 cm³/mol. The Morgan fingerprint density at radius 2 is 1.91 bits per heavy atom. The van der Waals surface area contributed by atoms with E-state index in [-0.39, 0.29) is 18.0 Å². The van der Waals surface area contributed by atoms with Gasteiger partial charge in [-0.3, -0.25) is 4.79 Å². The standard InChI is InChI=1S/C17H26N2O3/c1-12-8-14(18)6-7-19(12)17(20)5-4-13-9-15(21-2)11-16(10-13)22-3/h9-12,14H,4-8,18H2,1-3H3. The van der Waals surface area contributed by atoms with Crippen molar-refractivity contribution in [3.05, 3.63) is 23.8 Å². The molecule has 0 saturated carbocycles. The van der Waals surface area contributed by atoms with Gasteiger partial charge in [0.15, 0.2) is 0 Å². The summed E-state index contributed by atoms with van der Waals surface area (Å²) in [4.78, 5) is 14.4. The monoisotopic (exact) mass is 306 g/mol. The quantitative estimate of drug-likeness (QED) is 0.903. The van der Waals surface area contributed by atoms with Crippen LogP contribution in [0.4, 0.5) is 0 Å². The van der Waals surface area contributed by atoms with Gasteiger partial charge in [-0.2, -0.15) is 0 Å². The van der Waals surface area contributed by atoms with Gasteiger partial charge in [-0.05, 0) is 43.9 Å². The summed E-state index contributed by atoms with van der Waals surface area (Å²) in [6.45, 7) is 2.84. The van der Waals surface area contributed by atoms with Crippen molar-refractivity contribution < 1.29 is 14.3 Å². The number of likely N-dealkylation sites (tertiary alicyclic amines) is 1. The number of amides is 1. The molecule has 1 aromatic carbocycles. The van der Waals surface area contributed by atoms with Crippen LogP contribution >= 0.6 is 0 Å². The summed E-state index contributed by atoms with van der Waals surface area (Å²) in [5, 5.41) is 0. The zero-order valence-electron chi connectivity index (χ0n) is 13.7. The number of ether oxygens (including phenoxy) is 2. The number of nitrogens with zero attached hydrogens (tertiary/aromatic N) is 1. The number of carbonyl (C=O) groups is 1. The molecule has 122 valence electrons. The fourth-order valence-corrected chi connectivity index (χ4v) is 2.98. The van der Waals surface area contributed by atoms with Crippen LogP contribution in [0.15, 0.2) is 18.2 Å². The summed E-state index contributed by atoms with van der Waals surface area (Å²) >= 11 is 0. The second-order valence-corrected chi connectivity index (χ2v) is 5.94. The summed E-state index contributed by atoms with van der Waals surface area (Å²) < 4.78 is 10.5. The lowest BCUT2D eigenvalue weighted by Gasteiger charge is -2.36. The molecule has 0 spiro atoms. The van der Waals surface area contributed by atoms with E-state index in [0.717, 1.165) is 36.4 Å². The van der Waals surface area contributed by atoms with Crippen LogP contribution in [0.25, 0.3) is 0 Å². The highest BCUT2D eigenvalue weighted by molar-refractivity contribution is 5.77. The summed E-state index contributed by atoms with van der Waals surface area (Å²) in [5.41, 5.74) is 7.00. The lowest BCUT2D eigenvalue weighted by atomic mass is 9.98. The molecule has 0 radical (unpaired) electrons. The van der Waals surface area contributed by atoms with Crippen LogP contribution < -0.4 is 15.2 Å². The van der Waals surface area contributed by atoms with Gasteiger partial charge in [0, 0.05) is 31.1 Å². The third-order valence-electron chi connectivity index (χ3n) is 4.28. The van der Waals surface area contributed by atoms with Crippen molar-refractivity contribution in [1.29, 1.82) is 0 Å². The SMILES string of the molecule is COc1cc(CCC(=O)N2CCC(N)CC2C)cc(OC)c1. The van der Waals surface area contributed by atoms with Gasteiger partial charge in [0.25, 0.3) is 0 Å². The van der Waals surface area contributed by atoms with Crippen molar-refractivity contribution in [3.8, 4) is 11.5 Å². The van der Waals surface area contributed by atoms with E-state index in [0.29, 0.717) is 12.8 Å². The summed E-state index contributed by atoms with van der Waals surface area (Å²) in [5.74, 6) is 1.69. The maximum absolute atomic E-state index is 12.4. The topological polar surface area (TPSA) is 64.8 Å². The van der Waals surface area contributed by atoms with Crippen molar-refractivity contribution in [2.75, 3.05) is 20.8 Å². The van der Waals surface area contributed by atoms with Crippen molar-refractivity contribution in [1.82, 2.24) is 4.90 Å². The van der Waals surface area contributed by atoms with E-state index >= 15 is 0 Å². The van der Waals surface area contributed by atoms with E-state index in [1.165, 1.54) is 0 Å². The molecule has 2 rings (SSSR count). The summed E-state index contributed by atoms with van der Waals surface area (Å²) in [6, 6.07) is 6.19. The van der Waals surface area contributed by atoms with E-state index in [2.05, 4.69) is 6.92 Å². The number of aryl methyl sites for hydroxylation is 1. The number of carbonyl (C=O) groups excluding carboxylic acids is 1. The van der Waals surface area contributed by atoms with Gasteiger partial charge in [-0.1, -0.05) is 0 Å². The molecule has 1 aliphatic rings. The van der Waals surface area contributed by atoms with Crippen LogP contribution in [0, 0.1) is 0 Å². The normalized spacial score (nSPS) is 21.5. The average Bonchev–Trinajstić information content (AvgIpc) is 2.52. The number of hydrogen-bond donors (Lipinski definition) is 1. The van der Waals surface area contributed by atoms with Crippen LogP contribution in [0.1, 0.15) is 31.7 Å². The zero-order chi connectivity index (χ0) is 16.1. The zero-order valence-corrected chi connectivity index (χ0v) is 13.7. The van der Waals surface area contributed by atoms with Crippen LogP contribution in [0.3, 0.4) is 0 Å². The number of methoxy groups -OCH3 is 2. The maximum Gasteiger partial charge on any atom is 0.223 e. The molecule has 22 heavy (non-hydrogen) atoms. The van der Waals surface area contributed by atoms with Gasteiger partial charge in [0.1, 0.15) is 11.5 Å². The number of piperidine rings is 1. The summed E-state index contributed by atoms with van der Waals surface area (Å²) in [7, 11) is 3.25. The Hall–Kier alpha value is -1.75. The Morgan fingerprint density at radius 3 is 2.45 bits per heavy atom. The molecule has 5 nitrogen and oxygen atoms in total. The van der Waals surface area contributed by atoms with E-state index in [9.17, 15) is 4.79 Å². The van der Waals surface area contributed by atoms with Gasteiger partial charge in [-0.15, -0.1) is 0 Å². The third kappa shape index (κ3) is 4.13.